The second kappa shape index (κ2) is 5.35. The maximum absolute atomic E-state index is 11.6. The Morgan fingerprint density at radius 2 is 2.35 bits per heavy atom. The van der Waals surface area contributed by atoms with E-state index in [4.69, 9.17) is 11.0 Å². The summed E-state index contributed by atoms with van der Waals surface area (Å²) in [5, 5.41) is 8.68. The van der Waals surface area contributed by atoms with E-state index in [1.807, 2.05) is 0 Å². The van der Waals surface area contributed by atoms with Gasteiger partial charge in [-0.15, -0.1) is 0 Å². The highest BCUT2D eigenvalue weighted by Crippen LogP contribution is 2.11. The summed E-state index contributed by atoms with van der Waals surface area (Å²) in [5.41, 5.74) is 4.48. The number of nitrogens with one attached hydrogen (secondary N) is 1. The molecule has 1 rings (SSSR count). The van der Waals surface area contributed by atoms with Crippen LogP contribution in [0.1, 0.15) is 5.69 Å². The molecule has 1 heterocycles. The molecule has 9 heteroatoms. The van der Waals surface area contributed by atoms with Crippen LogP contribution in [0.5, 0.6) is 0 Å². The minimum Gasteiger partial charge on any atom is -0.368 e. The fourth-order valence-electron chi connectivity index (χ4n) is 0.914. The Morgan fingerprint density at radius 3 is 2.94 bits per heavy atom. The van der Waals surface area contributed by atoms with Crippen LogP contribution in [-0.2, 0) is 19.7 Å². The first-order valence-electron chi connectivity index (χ1n) is 4.24. The van der Waals surface area contributed by atoms with Gasteiger partial charge in [0.15, 0.2) is 5.69 Å². The standard InChI is InChI=1S/C8H8N4O4S/c9-4-6-7(2-1-3-11-6)17(14,15)12-16-5-8(10)13/h1-3,12H,5H2,(H2,10,13). The molecule has 3 N–H and O–H groups in total. The van der Waals surface area contributed by atoms with Crippen LogP contribution in [0.3, 0.4) is 0 Å². The normalized spacial score (nSPS) is 10.8. The molecule has 0 aliphatic carbocycles. The molecule has 17 heavy (non-hydrogen) atoms. The number of hydrogen-bond donors (Lipinski definition) is 2. The van der Waals surface area contributed by atoms with Crippen LogP contribution >= 0.6 is 0 Å². The highest BCUT2D eigenvalue weighted by Gasteiger charge is 2.19. The number of carbonyl (C=O) groups excluding carboxylic acids is 1. The first kappa shape index (κ1) is 13.0. The lowest BCUT2D eigenvalue weighted by Crippen LogP contribution is -2.30. The molecule has 0 aliphatic rings. The average Bonchev–Trinajstić information content (AvgIpc) is 2.28. The number of nitrogens with zero attached hydrogens (tertiary/aromatic N) is 2. The highest BCUT2D eigenvalue weighted by atomic mass is 32.2. The maximum atomic E-state index is 11.6. The van der Waals surface area contributed by atoms with Gasteiger partial charge >= 0.3 is 0 Å². The number of nitrogens with two attached hydrogens (primary N) is 1. The second-order valence-electron chi connectivity index (χ2n) is 2.80. The van der Waals surface area contributed by atoms with Crippen LogP contribution in [0.4, 0.5) is 0 Å². The molecule has 0 spiro atoms. The van der Waals surface area contributed by atoms with Crippen molar-refractivity contribution in [3.63, 3.8) is 0 Å². The smallest absolute Gasteiger partial charge is 0.265 e. The van der Waals surface area contributed by atoms with Gasteiger partial charge in [0, 0.05) is 6.20 Å². The number of primary amides is 1. The first-order valence-corrected chi connectivity index (χ1v) is 5.72. The fraction of sp³-hybridized carbons (Fsp3) is 0.125. The predicted octanol–water partition coefficient (Wildman–Crippen LogP) is -1.35. The van der Waals surface area contributed by atoms with E-state index in [0.29, 0.717) is 0 Å². The van der Waals surface area contributed by atoms with Crippen molar-refractivity contribution in [3.8, 4) is 6.07 Å². The summed E-state index contributed by atoms with van der Waals surface area (Å²) in [7, 11) is -4.06. The Morgan fingerprint density at radius 1 is 1.65 bits per heavy atom. The molecule has 0 bridgehead atoms. The van der Waals surface area contributed by atoms with Gasteiger partial charge in [-0.3, -0.25) is 9.63 Å². The largest absolute Gasteiger partial charge is 0.368 e. The van der Waals surface area contributed by atoms with Crippen molar-refractivity contribution >= 4 is 15.9 Å². The number of sulfonamides is 1. The number of amides is 1. The number of pyridine rings is 1. The van der Waals surface area contributed by atoms with Crippen LogP contribution < -0.4 is 10.6 Å². The Hall–Kier alpha value is -2.02. The van der Waals surface area contributed by atoms with Gasteiger partial charge in [-0.1, -0.05) is 4.89 Å². The number of rotatable bonds is 5. The Bertz CT molecular complexity index is 563. The van der Waals surface area contributed by atoms with E-state index in [2.05, 4.69) is 9.82 Å². The third-order valence-corrected chi connectivity index (χ3v) is 2.79. The zero-order valence-corrected chi connectivity index (χ0v) is 9.27. The van der Waals surface area contributed by atoms with Crippen molar-refractivity contribution in [3.05, 3.63) is 24.0 Å². The zero-order valence-electron chi connectivity index (χ0n) is 8.45. The summed E-state index contributed by atoms with van der Waals surface area (Å²) in [5.74, 6) is -0.834. The highest BCUT2D eigenvalue weighted by molar-refractivity contribution is 7.89. The molecule has 1 aromatic heterocycles. The lowest BCUT2D eigenvalue weighted by Gasteiger charge is -2.06. The maximum Gasteiger partial charge on any atom is 0.265 e. The van der Waals surface area contributed by atoms with Gasteiger partial charge in [-0.25, -0.2) is 13.4 Å². The lowest BCUT2D eigenvalue weighted by molar-refractivity contribution is -0.123. The van der Waals surface area contributed by atoms with Crippen LogP contribution in [0.25, 0.3) is 0 Å². The summed E-state index contributed by atoms with van der Waals surface area (Å²) >= 11 is 0. The molecule has 0 unspecified atom stereocenters. The molecule has 0 aliphatic heterocycles. The van der Waals surface area contributed by atoms with Crippen LogP contribution in [-0.4, -0.2) is 25.9 Å². The molecule has 0 aromatic carbocycles. The van der Waals surface area contributed by atoms with Crippen molar-refractivity contribution in [2.24, 2.45) is 5.73 Å². The molecule has 8 nitrogen and oxygen atoms in total. The summed E-state index contributed by atoms with van der Waals surface area (Å²) < 4.78 is 23.2. The first-order chi connectivity index (χ1) is 7.97. The minimum absolute atomic E-state index is 0.275. The molecule has 1 aromatic rings. The van der Waals surface area contributed by atoms with E-state index in [1.165, 1.54) is 18.3 Å². The Kier molecular flexibility index (Phi) is 4.11. The van der Waals surface area contributed by atoms with E-state index in [9.17, 15) is 13.2 Å². The van der Waals surface area contributed by atoms with Gasteiger partial charge < -0.3 is 5.73 Å². The minimum atomic E-state index is -4.06. The number of nitriles is 1. The van der Waals surface area contributed by atoms with Crippen molar-refractivity contribution in [2.45, 2.75) is 4.90 Å². The van der Waals surface area contributed by atoms with Gasteiger partial charge in [0.05, 0.1) is 0 Å². The van der Waals surface area contributed by atoms with Crippen molar-refractivity contribution in [2.75, 3.05) is 6.61 Å². The van der Waals surface area contributed by atoms with E-state index >= 15 is 0 Å². The van der Waals surface area contributed by atoms with Crippen LogP contribution in [0.2, 0.25) is 0 Å². The van der Waals surface area contributed by atoms with E-state index in [-0.39, 0.29) is 10.6 Å². The third-order valence-electron chi connectivity index (χ3n) is 1.55. The van der Waals surface area contributed by atoms with Gasteiger partial charge in [0.25, 0.3) is 10.0 Å². The summed E-state index contributed by atoms with van der Waals surface area (Å²) in [6.07, 6.45) is 1.28. The molecule has 0 saturated heterocycles. The number of aromatic nitrogens is 1. The van der Waals surface area contributed by atoms with Gasteiger partial charge in [-0.05, 0) is 12.1 Å². The lowest BCUT2D eigenvalue weighted by atomic mass is 10.4. The average molecular weight is 256 g/mol. The molecule has 0 saturated carbocycles. The fourth-order valence-corrected chi connectivity index (χ4v) is 1.83. The second-order valence-corrected chi connectivity index (χ2v) is 4.42. The van der Waals surface area contributed by atoms with Gasteiger partial charge in [0.2, 0.25) is 5.91 Å². The summed E-state index contributed by atoms with van der Waals surface area (Å²) in [6, 6.07) is 4.16. The zero-order chi connectivity index (χ0) is 12.9. The van der Waals surface area contributed by atoms with Crippen LogP contribution in [0, 0.1) is 11.3 Å². The summed E-state index contributed by atoms with van der Waals surface area (Å²) in [6.45, 7) is -0.610. The molecule has 1 amide bonds. The Labute approximate surface area is 97.0 Å². The molecule has 0 atom stereocenters. The SMILES string of the molecule is N#Cc1ncccc1S(=O)(=O)NOCC(N)=O. The Balaban J connectivity index is 2.91. The number of carbonyl (C=O) groups is 1. The van der Waals surface area contributed by atoms with Gasteiger partial charge in [0.1, 0.15) is 17.6 Å². The van der Waals surface area contributed by atoms with E-state index in [1.54, 1.807) is 11.0 Å². The van der Waals surface area contributed by atoms with Crippen molar-refractivity contribution in [1.82, 2.24) is 9.87 Å². The third kappa shape index (κ3) is 3.49. The monoisotopic (exact) mass is 256 g/mol. The van der Waals surface area contributed by atoms with Crippen molar-refractivity contribution < 1.29 is 18.0 Å². The number of hydrogen-bond acceptors (Lipinski definition) is 6. The van der Waals surface area contributed by atoms with E-state index in [0.717, 1.165) is 0 Å². The molecule has 90 valence electrons. The topological polar surface area (TPSA) is 135 Å². The molecular formula is C8H8N4O4S. The molecular weight excluding hydrogens is 248 g/mol. The predicted molar refractivity (Wildman–Crippen MR) is 54.4 cm³/mol. The quantitative estimate of drug-likeness (QED) is 0.625. The molecule has 0 radical (unpaired) electrons. The van der Waals surface area contributed by atoms with Gasteiger partial charge in [-0.2, -0.15) is 5.26 Å². The summed E-state index contributed by atoms with van der Waals surface area (Å²) in [4.78, 5) is 19.6. The van der Waals surface area contributed by atoms with E-state index < -0.39 is 22.5 Å². The van der Waals surface area contributed by atoms with Crippen LogP contribution in [0.15, 0.2) is 23.2 Å². The van der Waals surface area contributed by atoms with Crippen molar-refractivity contribution in [1.29, 1.82) is 5.26 Å². The molecule has 0 fully saturated rings.